The molecule has 1 aromatic carbocycles. The van der Waals surface area contributed by atoms with Crippen LogP contribution in [0.25, 0.3) is 0 Å². The Labute approximate surface area is 185 Å². The van der Waals surface area contributed by atoms with Crippen molar-refractivity contribution in [2.24, 2.45) is 0 Å². The van der Waals surface area contributed by atoms with Crippen LogP contribution in [0.3, 0.4) is 0 Å². The van der Waals surface area contributed by atoms with Crippen LogP contribution in [0.15, 0.2) is 55.1 Å². The first-order chi connectivity index (χ1) is 14.2. The van der Waals surface area contributed by atoms with E-state index in [2.05, 4.69) is 69.8 Å². The monoisotopic (exact) mass is 506 g/mol. The number of ether oxygens (including phenoxy) is 1. The Hall–Kier alpha value is -0.541. The Balaban J connectivity index is 2.77. The van der Waals surface area contributed by atoms with E-state index in [4.69, 9.17) is 4.74 Å². The third kappa shape index (κ3) is 12.0. The van der Waals surface area contributed by atoms with Crippen molar-refractivity contribution in [3.8, 4) is 0 Å². The first-order valence-electron chi connectivity index (χ1n) is 12.1. The minimum atomic E-state index is -2.07. The zero-order chi connectivity index (χ0) is 21.2. The number of allylic oxidation sites excluding steroid dienone is 2. The second kappa shape index (κ2) is 17.2. The summed E-state index contributed by atoms with van der Waals surface area (Å²) in [5.41, 5.74) is 1.26. The van der Waals surface area contributed by atoms with E-state index in [9.17, 15) is 0 Å². The van der Waals surface area contributed by atoms with Crippen LogP contribution < -0.4 is 0 Å². The van der Waals surface area contributed by atoms with Gasteiger partial charge in [0.25, 0.3) is 0 Å². The summed E-state index contributed by atoms with van der Waals surface area (Å²) >= 11 is -2.07. The molecule has 1 atom stereocenters. The summed E-state index contributed by atoms with van der Waals surface area (Å²) in [5.74, 6) is 0. The Kier molecular flexibility index (Phi) is 15.7. The number of rotatable bonds is 18. The SMILES string of the molecule is C=CCC[C@H](/C=C/[CH2][Sn]([CH2]CCC)([CH2]CCC)[CH2]CCC)OCc1ccccc1. The number of benzene rings is 1. The van der Waals surface area contributed by atoms with Crippen molar-refractivity contribution in [3.63, 3.8) is 0 Å². The van der Waals surface area contributed by atoms with Crippen molar-refractivity contribution in [2.75, 3.05) is 0 Å². The quantitative estimate of drug-likeness (QED) is 0.143. The van der Waals surface area contributed by atoms with E-state index < -0.39 is 18.4 Å². The predicted octanol–water partition coefficient (Wildman–Crippen LogP) is 8.94. The van der Waals surface area contributed by atoms with Crippen LogP contribution in [-0.2, 0) is 11.3 Å². The summed E-state index contributed by atoms with van der Waals surface area (Å²) in [5, 5.41) is 0. The van der Waals surface area contributed by atoms with E-state index in [1.54, 1.807) is 13.3 Å². The first kappa shape index (κ1) is 26.5. The number of hydrogen-bond acceptors (Lipinski definition) is 1. The summed E-state index contributed by atoms with van der Waals surface area (Å²) in [4.78, 5) is 0. The normalized spacial score (nSPS) is 13.1. The second-order valence-corrected chi connectivity index (χ2v) is 22.7. The molecule has 1 nitrogen and oxygen atoms in total. The molecule has 0 fully saturated rings. The van der Waals surface area contributed by atoms with Gasteiger partial charge in [-0.05, 0) is 0 Å². The van der Waals surface area contributed by atoms with Gasteiger partial charge >= 0.3 is 186 Å². The molecule has 0 aliphatic carbocycles. The molecule has 164 valence electrons. The van der Waals surface area contributed by atoms with Gasteiger partial charge in [0.1, 0.15) is 0 Å². The van der Waals surface area contributed by atoms with Crippen LogP contribution in [0.4, 0.5) is 0 Å². The average molecular weight is 505 g/mol. The molecule has 0 aromatic heterocycles. The second-order valence-electron chi connectivity index (χ2n) is 8.64. The molecule has 0 aliphatic heterocycles. The van der Waals surface area contributed by atoms with Crippen molar-refractivity contribution in [1.82, 2.24) is 0 Å². The van der Waals surface area contributed by atoms with Crippen LogP contribution in [0.5, 0.6) is 0 Å². The minimum absolute atomic E-state index is 0.209. The molecular formula is C27H46OSn. The molecule has 0 N–H and O–H groups in total. The van der Waals surface area contributed by atoms with Gasteiger partial charge in [0.05, 0.1) is 0 Å². The van der Waals surface area contributed by atoms with Gasteiger partial charge in [-0.15, -0.1) is 0 Å². The molecule has 29 heavy (non-hydrogen) atoms. The molecule has 0 saturated heterocycles. The van der Waals surface area contributed by atoms with Gasteiger partial charge in [0.15, 0.2) is 0 Å². The summed E-state index contributed by atoms with van der Waals surface area (Å²) in [6, 6.07) is 10.5. The third-order valence-electron chi connectivity index (χ3n) is 6.05. The molecule has 0 bridgehead atoms. The molecule has 1 aromatic rings. The van der Waals surface area contributed by atoms with Crippen LogP contribution in [0.2, 0.25) is 17.7 Å². The number of unbranched alkanes of at least 4 members (excludes halogenated alkanes) is 3. The maximum atomic E-state index is 6.28. The Morgan fingerprint density at radius 3 is 2.03 bits per heavy atom. The van der Waals surface area contributed by atoms with Gasteiger partial charge in [-0.3, -0.25) is 0 Å². The van der Waals surface area contributed by atoms with E-state index in [0.29, 0.717) is 6.61 Å². The molecule has 0 spiro atoms. The van der Waals surface area contributed by atoms with Gasteiger partial charge in [-0.2, -0.15) is 0 Å². The van der Waals surface area contributed by atoms with Crippen LogP contribution in [-0.4, -0.2) is 24.5 Å². The van der Waals surface area contributed by atoms with Gasteiger partial charge in [-0.1, -0.05) is 0 Å². The molecule has 0 aliphatic rings. The fourth-order valence-corrected chi connectivity index (χ4v) is 19.3. The van der Waals surface area contributed by atoms with Crippen molar-refractivity contribution in [3.05, 3.63) is 60.7 Å². The molecule has 1 rings (SSSR count). The molecule has 0 saturated carbocycles. The Morgan fingerprint density at radius 1 is 0.931 bits per heavy atom. The standard InChI is InChI=1S/C15H19O.3C4H9.Sn/c1-3-5-12-15(9-4-2)16-13-14-10-7-6-8-11-14;3*1-3-4-2;/h3-4,6-11,15H,1-2,5,12-13H2;3*1,3-4H2,2H3;/b9-4+;;;;/t15-;;;;/m0..../s1. The summed E-state index contributed by atoms with van der Waals surface area (Å²) in [7, 11) is 0. The van der Waals surface area contributed by atoms with Gasteiger partial charge < -0.3 is 0 Å². The van der Waals surface area contributed by atoms with Gasteiger partial charge in [0.2, 0.25) is 0 Å². The zero-order valence-corrected chi connectivity index (χ0v) is 22.4. The van der Waals surface area contributed by atoms with E-state index in [1.165, 1.54) is 48.5 Å². The fraction of sp³-hybridized carbons (Fsp3) is 0.630. The Bertz CT molecular complexity index is 515. The van der Waals surface area contributed by atoms with E-state index >= 15 is 0 Å². The molecular weight excluding hydrogens is 459 g/mol. The summed E-state index contributed by atoms with van der Waals surface area (Å²) in [6.45, 7) is 11.7. The molecule has 0 unspecified atom stereocenters. The topological polar surface area (TPSA) is 9.23 Å². The molecule has 0 heterocycles. The maximum absolute atomic E-state index is 6.28. The van der Waals surface area contributed by atoms with E-state index in [-0.39, 0.29) is 6.10 Å². The van der Waals surface area contributed by atoms with Crippen molar-refractivity contribution in [2.45, 2.75) is 103 Å². The predicted molar refractivity (Wildman–Crippen MR) is 133 cm³/mol. The van der Waals surface area contributed by atoms with Gasteiger partial charge in [-0.25, -0.2) is 0 Å². The molecule has 0 radical (unpaired) electrons. The van der Waals surface area contributed by atoms with Crippen LogP contribution in [0, 0.1) is 0 Å². The number of hydrogen-bond donors (Lipinski definition) is 0. The van der Waals surface area contributed by atoms with Crippen molar-refractivity contribution < 1.29 is 4.74 Å². The van der Waals surface area contributed by atoms with Crippen LogP contribution in [0.1, 0.15) is 77.7 Å². The molecule has 2 heteroatoms. The van der Waals surface area contributed by atoms with E-state index in [0.717, 1.165) is 12.8 Å². The summed E-state index contributed by atoms with van der Waals surface area (Å²) < 4.78 is 12.4. The van der Waals surface area contributed by atoms with Gasteiger partial charge in [0, 0.05) is 0 Å². The summed E-state index contributed by atoms with van der Waals surface area (Å²) in [6.07, 6.45) is 17.6. The Morgan fingerprint density at radius 2 is 1.52 bits per heavy atom. The van der Waals surface area contributed by atoms with Crippen LogP contribution >= 0.6 is 0 Å². The third-order valence-corrected chi connectivity index (χ3v) is 21.3. The molecule has 0 amide bonds. The van der Waals surface area contributed by atoms with Crippen molar-refractivity contribution in [1.29, 1.82) is 0 Å². The first-order valence-corrected chi connectivity index (χ1v) is 20.2. The van der Waals surface area contributed by atoms with E-state index in [1.807, 2.05) is 6.08 Å². The zero-order valence-electron chi connectivity index (χ0n) is 19.5. The fourth-order valence-electron chi connectivity index (χ4n) is 4.10. The van der Waals surface area contributed by atoms with Crippen molar-refractivity contribution >= 4 is 18.4 Å². The average Bonchev–Trinajstić information content (AvgIpc) is 2.76.